The molecule has 0 aromatic heterocycles. The summed E-state index contributed by atoms with van der Waals surface area (Å²) in [6, 6.07) is 76.7. The Balaban J connectivity index is 1.05. The van der Waals surface area contributed by atoms with Crippen molar-refractivity contribution in [2.24, 2.45) is 0 Å². The molecule has 12 rings (SSSR count). The average molecular weight is 749 g/mol. The molecule has 11 aromatic carbocycles. The van der Waals surface area contributed by atoms with E-state index < -0.39 is 0 Å². The molecule has 0 nitrogen and oxygen atoms in total. The maximum atomic E-state index is 2.44. The van der Waals surface area contributed by atoms with Crippen LogP contribution in [-0.2, 0) is 5.41 Å². The fraction of sp³-hybridized carbons (Fsp3) is 0.0508. The van der Waals surface area contributed by atoms with E-state index in [1.165, 1.54) is 121 Å². The first-order chi connectivity index (χ1) is 29.1. The number of hydrogen-bond acceptors (Lipinski definition) is 0. The lowest BCUT2D eigenvalue weighted by Gasteiger charge is -2.24. The second-order valence-electron chi connectivity index (χ2n) is 16.7. The van der Waals surface area contributed by atoms with Gasteiger partial charge in [-0.25, -0.2) is 0 Å². The van der Waals surface area contributed by atoms with Gasteiger partial charge in [-0.2, -0.15) is 0 Å². The molecule has 0 fully saturated rings. The van der Waals surface area contributed by atoms with E-state index >= 15 is 0 Å². The highest BCUT2D eigenvalue weighted by molar-refractivity contribution is 6.22. The van der Waals surface area contributed by atoms with Gasteiger partial charge in [0.05, 0.1) is 0 Å². The van der Waals surface area contributed by atoms with Crippen LogP contribution in [0.3, 0.4) is 0 Å². The van der Waals surface area contributed by atoms with Gasteiger partial charge in [-0.3, -0.25) is 0 Å². The number of benzene rings is 11. The maximum Gasteiger partial charge on any atom is 0.0165 e. The molecule has 0 saturated heterocycles. The lowest BCUT2D eigenvalue weighted by atomic mass is 9.79. The van der Waals surface area contributed by atoms with Crippen LogP contribution >= 0.6 is 0 Å². The van der Waals surface area contributed by atoms with Crippen LogP contribution in [0.1, 0.15) is 25.0 Å². The van der Waals surface area contributed by atoms with E-state index in [0.29, 0.717) is 0 Å². The van der Waals surface area contributed by atoms with Crippen LogP contribution in [0.5, 0.6) is 0 Å². The Kier molecular flexibility index (Phi) is 7.38. The largest absolute Gasteiger partial charge is 0.0616 e. The summed E-state index contributed by atoms with van der Waals surface area (Å²) in [5.74, 6) is 0. The average Bonchev–Trinajstić information content (AvgIpc) is 3.55. The predicted molar refractivity (Wildman–Crippen MR) is 253 cm³/mol. The first-order valence-electron chi connectivity index (χ1n) is 20.8. The lowest BCUT2D eigenvalue weighted by molar-refractivity contribution is 0.666. The third-order valence-electron chi connectivity index (χ3n) is 13.2. The van der Waals surface area contributed by atoms with Gasteiger partial charge in [0.1, 0.15) is 0 Å². The number of hydrogen-bond donors (Lipinski definition) is 0. The topological polar surface area (TPSA) is 0 Å². The van der Waals surface area contributed by atoms with Crippen LogP contribution in [-0.4, -0.2) is 0 Å². The molecule has 0 radical (unpaired) electrons. The van der Waals surface area contributed by atoms with Crippen LogP contribution in [0, 0.1) is 0 Å². The quantitative estimate of drug-likeness (QED) is 0.124. The zero-order valence-corrected chi connectivity index (χ0v) is 33.1. The van der Waals surface area contributed by atoms with Crippen molar-refractivity contribution in [3.05, 3.63) is 217 Å². The van der Waals surface area contributed by atoms with Crippen molar-refractivity contribution in [1.29, 1.82) is 0 Å². The summed E-state index contributed by atoms with van der Waals surface area (Å²) >= 11 is 0. The second-order valence-corrected chi connectivity index (χ2v) is 16.7. The molecule has 0 atom stereocenters. The van der Waals surface area contributed by atoms with E-state index in [-0.39, 0.29) is 5.41 Å². The number of fused-ring (bicyclic) bond motifs is 11. The van der Waals surface area contributed by atoms with Crippen LogP contribution in [0.2, 0.25) is 0 Å². The summed E-state index contributed by atoms with van der Waals surface area (Å²) in [5, 5.41) is 12.9. The third kappa shape index (κ3) is 4.96. The highest BCUT2D eigenvalue weighted by Gasteiger charge is 2.39. The third-order valence-corrected chi connectivity index (χ3v) is 13.2. The predicted octanol–water partition coefficient (Wildman–Crippen LogP) is 16.4. The van der Waals surface area contributed by atoms with E-state index in [4.69, 9.17) is 0 Å². The fourth-order valence-electron chi connectivity index (χ4n) is 10.7. The molecule has 0 aliphatic heterocycles. The smallest absolute Gasteiger partial charge is 0.0165 e. The van der Waals surface area contributed by atoms with Crippen molar-refractivity contribution in [1.82, 2.24) is 0 Å². The maximum absolute atomic E-state index is 2.44. The van der Waals surface area contributed by atoms with Gasteiger partial charge in [0.2, 0.25) is 0 Å². The molecule has 0 amide bonds. The van der Waals surface area contributed by atoms with E-state index in [1.54, 1.807) is 0 Å². The molecular formula is C59H40. The number of rotatable bonds is 4. The molecule has 0 spiro atoms. The SMILES string of the molecule is CC1(C)c2cccc(-c3cccc(-c4c5ccccc5c(-c5ccc(-c6cccc7ccccc67)cc5)c5ccccc45)c3)c2-c2c1c1ccccc1c1ccccc21. The van der Waals surface area contributed by atoms with Crippen molar-refractivity contribution in [3.8, 4) is 55.6 Å². The van der Waals surface area contributed by atoms with Crippen molar-refractivity contribution >= 4 is 53.9 Å². The van der Waals surface area contributed by atoms with E-state index in [9.17, 15) is 0 Å². The molecule has 1 aliphatic carbocycles. The Morgan fingerprint density at radius 3 is 1.37 bits per heavy atom. The molecule has 11 aromatic rings. The molecule has 0 unspecified atom stereocenters. The van der Waals surface area contributed by atoms with Gasteiger partial charge in [0.15, 0.2) is 0 Å². The summed E-state index contributed by atoms with van der Waals surface area (Å²) in [6.45, 7) is 4.83. The van der Waals surface area contributed by atoms with Gasteiger partial charge < -0.3 is 0 Å². The minimum absolute atomic E-state index is 0.156. The molecule has 0 N–H and O–H groups in total. The van der Waals surface area contributed by atoms with Gasteiger partial charge in [-0.15, -0.1) is 0 Å². The molecule has 0 bridgehead atoms. The van der Waals surface area contributed by atoms with Crippen LogP contribution in [0.25, 0.3) is 109 Å². The van der Waals surface area contributed by atoms with Crippen molar-refractivity contribution < 1.29 is 0 Å². The van der Waals surface area contributed by atoms with Gasteiger partial charge >= 0.3 is 0 Å². The lowest BCUT2D eigenvalue weighted by Crippen LogP contribution is -2.15. The zero-order chi connectivity index (χ0) is 39.2. The van der Waals surface area contributed by atoms with Crippen LogP contribution in [0.15, 0.2) is 206 Å². The Labute approximate surface area is 344 Å². The zero-order valence-electron chi connectivity index (χ0n) is 33.1. The molecule has 276 valence electrons. The monoisotopic (exact) mass is 748 g/mol. The van der Waals surface area contributed by atoms with Crippen LogP contribution < -0.4 is 0 Å². The van der Waals surface area contributed by atoms with Crippen molar-refractivity contribution in [2.45, 2.75) is 19.3 Å². The molecule has 0 heteroatoms. The Morgan fingerprint density at radius 1 is 0.271 bits per heavy atom. The normalized spacial score (nSPS) is 13.1. The van der Waals surface area contributed by atoms with Gasteiger partial charge in [-0.05, 0) is 127 Å². The molecule has 59 heavy (non-hydrogen) atoms. The highest BCUT2D eigenvalue weighted by atomic mass is 14.4. The Bertz CT molecular complexity index is 3450. The molecular weight excluding hydrogens is 709 g/mol. The first kappa shape index (κ1) is 33.8. The standard InChI is InChI=1S/C59H40/c1-59(2)53-31-15-30-44(56(53)57-47-23-7-5-21-45(47)46-22-6-12-28-52(46)58(57)59)40-18-13-19-41(36-40)55-50-26-10-8-24-48(50)54(49-25-9-11-27-51(49)55)39-34-32-38(33-35-39)43-29-14-17-37-16-3-4-20-42(37)43/h3-36H,1-2H3. The highest BCUT2D eigenvalue weighted by Crippen LogP contribution is 2.57. The molecule has 0 heterocycles. The summed E-state index contributed by atoms with van der Waals surface area (Å²) in [6.07, 6.45) is 0. The first-order valence-corrected chi connectivity index (χ1v) is 20.8. The van der Waals surface area contributed by atoms with Gasteiger partial charge in [-0.1, -0.05) is 214 Å². The summed E-state index contributed by atoms with van der Waals surface area (Å²) in [4.78, 5) is 0. The second kappa shape index (κ2) is 12.9. The van der Waals surface area contributed by atoms with E-state index in [2.05, 4.69) is 220 Å². The van der Waals surface area contributed by atoms with Gasteiger partial charge in [0, 0.05) is 5.41 Å². The molecule has 1 aliphatic rings. The Hall–Kier alpha value is -7.28. The van der Waals surface area contributed by atoms with Crippen LogP contribution in [0.4, 0.5) is 0 Å². The van der Waals surface area contributed by atoms with E-state index in [1.807, 2.05) is 0 Å². The van der Waals surface area contributed by atoms with Crippen molar-refractivity contribution in [3.63, 3.8) is 0 Å². The van der Waals surface area contributed by atoms with E-state index in [0.717, 1.165) is 0 Å². The van der Waals surface area contributed by atoms with Gasteiger partial charge in [0.25, 0.3) is 0 Å². The Morgan fingerprint density at radius 2 is 0.712 bits per heavy atom. The summed E-state index contributed by atoms with van der Waals surface area (Å²) in [7, 11) is 0. The minimum atomic E-state index is -0.156. The van der Waals surface area contributed by atoms with Crippen molar-refractivity contribution in [2.75, 3.05) is 0 Å². The summed E-state index contributed by atoms with van der Waals surface area (Å²) in [5.41, 5.74) is 15.4. The molecule has 0 saturated carbocycles. The minimum Gasteiger partial charge on any atom is -0.0616 e. The summed E-state index contributed by atoms with van der Waals surface area (Å²) < 4.78 is 0. The fourth-order valence-corrected chi connectivity index (χ4v) is 10.7.